The van der Waals surface area contributed by atoms with Crippen molar-refractivity contribution in [3.8, 4) is 11.5 Å². The van der Waals surface area contributed by atoms with Crippen molar-refractivity contribution >= 4 is 24.8 Å². The van der Waals surface area contributed by atoms with Crippen molar-refractivity contribution in [2.75, 3.05) is 6.54 Å². The van der Waals surface area contributed by atoms with E-state index in [0.29, 0.717) is 0 Å². The number of nitrogens with one attached hydrogen (secondary N) is 1. The second-order valence-electron chi connectivity index (χ2n) is 3.92. The fourth-order valence-electron chi connectivity index (χ4n) is 2.02. The van der Waals surface area contributed by atoms with Crippen molar-refractivity contribution < 1.29 is 0 Å². The monoisotopic (exact) mass is 287 g/mol. The van der Waals surface area contributed by atoms with E-state index in [0.717, 1.165) is 30.4 Å². The van der Waals surface area contributed by atoms with Crippen LogP contribution in [0, 0.1) is 0 Å². The molecule has 98 valence electrons. The summed E-state index contributed by atoms with van der Waals surface area (Å²) >= 11 is 0. The molecule has 5 nitrogen and oxygen atoms in total. The topological polar surface area (TPSA) is 55.6 Å². The molecule has 2 aromatic heterocycles. The van der Waals surface area contributed by atoms with Crippen molar-refractivity contribution in [2.24, 2.45) is 0 Å². The molecule has 0 saturated heterocycles. The Bertz CT molecular complexity index is 499. The fraction of sp³-hybridized carbons (Fsp3) is 0.364. The van der Waals surface area contributed by atoms with Crippen LogP contribution in [-0.4, -0.2) is 26.3 Å². The van der Waals surface area contributed by atoms with E-state index in [2.05, 4.69) is 32.0 Å². The first-order valence-electron chi connectivity index (χ1n) is 5.44. The molecule has 7 heteroatoms. The average molecular weight is 288 g/mol. The van der Waals surface area contributed by atoms with Gasteiger partial charge in [-0.3, -0.25) is 4.98 Å². The van der Waals surface area contributed by atoms with Crippen molar-refractivity contribution in [1.29, 1.82) is 0 Å². The lowest BCUT2D eigenvalue weighted by atomic mass is 10.2. The highest BCUT2D eigenvalue weighted by Gasteiger charge is 2.22. The number of halogens is 2. The number of aromatic nitrogens is 4. The normalized spacial score (nSPS) is 17.3. The molecule has 0 fully saturated rings. The molecule has 18 heavy (non-hydrogen) atoms. The summed E-state index contributed by atoms with van der Waals surface area (Å²) in [4.78, 5) is 4.31. The van der Waals surface area contributed by atoms with Gasteiger partial charge < -0.3 is 9.88 Å². The van der Waals surface area contributed by atoms with Crippen LogP contribution in [0.25, 0.3) is 11.5 Å². The minimum Gasteiger partial charge on any atom is -0.307 e. The minimum absolute atomic E-state index is 0. The smallest absolute Gasteiger partial charge is 0.182 e. The second kappa shape index (κ2) is 6.13. The summed E-state index contributed by atoms with van der Waals surface area (Å²) in [5, 5.41) is 11.8. The SMILES string of the molecule is C[C@H]1NCCn2c(-c3ccccn3)nnc21.Cl.Cl. The Hall–Kier alpha value is -1.17. The number of nitrogens with zero attached hydrogens (tertiary/aromatic N) is 4. The van der Waals surface area contributed by atoms with Gasteiger partial charge in [0.25, 0.3) is 0 Å². The standard InChI is InChI=1S/C11H13N5.2ClH/c1-8-10-14-15-11(16(10)7-6-12-8)9-4-2-3-5-13-9;;/h2-5,8,12H,6-7H2,1H3;2*1H/t8-;;/m1../s1. The van der Waals surface area contributed by atoms with E-state index >= 15 is 0 Å². The molecule has 3 heterocycles. The fourth-order valence-corrected chi connectivity index (χ4v) is 2.02. The van der Waals surface area contributed by atoms with Gasteiger partial charge in [-0.2, -0.15) is 0 Å². The van der Waals surface area contributed by atoms with E-state index in [4.69, 9.17) is 0 Å². The van der Waals surface area contributed by atoms with Crippen LogP contribution >= 0.6 is 24.8 Å². The third kappa shape index (κ3) is 2.48. The van der Waals surface area contributed by atoms with Crippen molar-refractivity contribution in [2.45, 2.75) is 19.5 Å². The molecule has 1 aliphatic rings. The van der Waals surface area contributed by atoms with Crippen LogP contribution in [0.4, 0.5) is 0 Å². The van der Waals surface area contributed by atoms with Gasteiger partial charge in [0.15, 0.2) is 5.82 Å². The molecule has 0 spiro atoms. The van der Waals surface area contributed by atoms with Gasteiger partial charge in [-0.05, 0) is 19.1 Å². The molecule has 1 N–H and O–H groups in total. The Morgan fingerprint density at radius 1 is 1.28 bits per heavy atom. The van der Waals surface area contributed by atoms with Gasteiger partial charge in [0.2, 0.25) is 0 Å². The van der Waals surface area contributed by atoms with Crippen LogP contribution < -0.4 is 5.32 Å². The predicted molar refractivity (Wildman–Crippen MR) is 74.2 cm³/mol. The zero-order valence-electron chi connectivity index (χ0n) is 9.91. The van der Waals surface area contributed by atoms with E-state index in [1.54, 1.807) is 6.20 Å². The van der Waals surface area contributed by atoms with E-state index < -0.39 is 0 Å². The molecule has 3 rings (SSSR count). The van der Waals surface area contributed by atoms with Gasteiger partial charge in [0, 0.05) is 19.3 Å². The summed E-state index contributed by atoms with van der Waals surface area (Å²) in [6.07, 6.45) is 1.78. The number of rotatable bonds is 1. The number of hydrogen-bond acceptors (Lipinski definition) is 4. The molecule has 0 bridgehead atoms. The Kier molecular flexibility index (Phi) is 5.07. The van der Waals surface area contributed by atoms with Crippen LogP contribution in [0.1, 0.15) is 18.8 Å². The molecule has 0 amide bonds. The van der Waals surface area contributed by atoms with Crippen LogP contribution in [0.2, 0.25) is 0 Å². The molecule has 1 aliphatic heterocycles. The zero-order chi connectivity index (χ0) is 11.0. The van der Waals surface area contributed by atoms with Gasteiger partial charge in [-0.25, -0.2) is 0 Å². The molecule has 2 aromatic rings. The molecular formula is C11H15Cl2N5. The summed E-state index contributed by atoms with van der Waals surface area (Å²) in [5.41, 5.74) is 0.885. The van der Waals surface area contributed by atoms with Crippen LogP contribution in [-0.2, 0) is 6.54 Å². The molecule has 0 radical (unpaired) electrons. The first kappa shape index (κ1) is 14.9. The quantitative estimate of drug-likeness (QED) is 0.870. The molecule has 0 aromatic carbocycles. The summed E-state index contributed by atoms with van der Waals surface area (Å²) in [5.74, 6) is 1.86. The highest BCUT2D eigenvalue weighted by atomic mass is 35.5. The molecule has 0 unspecified atom stereocenters. The summed E-state index contributed by atoms with van der Waals surface area (Å²) < 4.78 is 2.14. The highest BCUT2D eigenvalue weighted by molar-refractivity contribution is 5.85. The average Bonchev–Trinajstić information content (AvgIpc) is 2.75. The lowest BCUT2D eigenvalue weighted by molar-refractivity contribution is 0.438. The molecule has 1 atom stereocenters. The van der Waals surface area contributed by atoms with E-state index in [-0.39, 0.29) is 30.9 Å². The number of hydrogen-bond donors (Lipinski definition) is 1. The third-order valence-corrected chi connectivity index (χ3v) is 2.85. The molecule has 0 aliphatic carbocycles. The van der Waals surface area contributed by atoms with Crippen molar-refractivity contribution in [3.63, 3.8) is 0 Å². The van der Waals surface area contributed by atoms with Gasteiger partial charge in [-0.1, -0.05) is 6.07 Å². The van der Waals surface area contributed by atoms with E-state index in [1.165, 1.54) is 0 Å². The predicted octanol–water partition coefficient (Wildman–Crippen LogP) is 1.85. The minimum atomic E-state index is 0. The Labute approximate surface area is 118 Å². The Morgan fingerprint density at radius 2 is 2.11 bits per heavy atom. The van der Waals surface area contributed by atoms with Crippen LogP contribution in [0.15, 0.2) is 24.4 Å². The maximum Gasteiger partial charge on any atom is 0.182 e. The van der Waals surface area contributed by atoms with Crippen LogP contribution in [0.5, 0.6) is 0 Å². The van der Waals surface area contributed by atoms with Gasteiger partial charge in [0.05, 0.1) is 6.04 Å². The molecular weight excluding hydrogens is 273 g/mol. The second-order valence-corrected chi connectivity index (χ2v) is 3.92. The lowest BCUT2D eigenvalue weighted by Gasteiger charge is -2.21. The van der Waals surface area contributed by atoms with E-state index in [9.17, 15) is 0 Å². The summed E-state index contributed by atoms with van der Waals surface area (Å²) in [6.45, 7) is 3.95. The largest absolute Gasteiger partial charge is 0.307 e. The number of fused-ring (bicyclic) bond motifs is 1. The van der Waals surface area contributed by atoms with Gasteiger partial charge in [-0.15, -0.1) is 35.0 Å². The maximum absolute atomic E-state index is 4.31. The molecule has 0 saturated carbocycles. The number of pyridine rings is 1. The van der Waals surface area contributed by atoms with E-state index in [1.807, 2.05) is 18.2 Å². The Balaban J connectivity index is 0.000000810. The Morgan fingerprint density at radius 3 is 2.83 bits per heavy atom. The third-order valence-electron chi connectivity index (χ3n) is 2.85. The van der Waals surface area contributed by atoms with Crippen LogP contribution in [0.3, 0.4) is 0 Å². The first-order chi connectivity index (χ1) is 7.86. The lowest BCUT2D eigenvalue weighted by Crippen LogP contribution is -2.32. The van der Waals surface area contributed by atoms with Gasteiger partial charge >= 0.3 is 0 Å². The highest BCUT2D eigenvalue weighted by Crippen LogP contribution is 2.21. The first-order valence-corrected chi connectivity index (χ1v) is 5.44. The maximum atomic E-state index is 4.31. The van der Waals surface area contributed by atoms with Crippen molar-refractivity contribution in [3.05, 3.63) is 30.2 Å². The van der Waals surface area contributed by atoms with Crippen molar-refractivity contribution in [1.82, 2.24) is 25.1 Å². The zero-order valence-corrected chi connectivity index (χ0v) is 11.5. The van der Waals surface area contributed by atoms with Gasteiger partial charge in [0.1, 0.15) is 11.5 Å². The summed E-state index contributed by atoms with van der Waals surface area (Å²) in [6, 6.07) is 6.10. The summed E-state index contributed by atoms with van der Waals surface area (Å²) in [7, 11) is 0.